The van der Waals surface area contributed by atoms with Crippen molar-refractivity contribution in [2.45, 2.75) is 63.0 Å². The van der Waals surface area contributed by atoms with Crippen LogP contribution in [0, 0.1) is 17.8 Å². The van der Waals surface area contributed by atoms with Crippen molar-refractivity contribution in [3.63, 3.8) is 0 Å². The normalized spacial score (nSPS) is 35.4. The molecule has 3 N–H and O–H groups in total. The lowest BCUT2D eigenvalue weighted by atomic mass is 9.52. The molecule has 0 aromatic heterocycles. The van der Waals surface area contributed by atoms with Gasteiger partial charge >= 0.3 is 6.03 Å². The Kier molecular flexibility index (Phi) is 4.77. The molecule has 6 heteroatoms. The van der Waals surface area contributed by atoms with Crippen molar-refractivity contribution in [1.29, 1.82) is 0 Å². The van der Waals surface area contributed by atoms with Crippen LogP contribution >= 0.6 is 0 Å². The van der Waals surface area contributed by atoms with Crippen molar-refractivity contribution in [3.8, 4) is 0 Å². The molecule has 4 saturated carbocycles. The minimum atomic E-state index is -0.484. The van der Waals surface area contributed by atoms with Crippen LogP contribution in [0.2, 0.25) is 0 Å². The fourth-order valence-corrected chi connectivity index (χ4v) is 6.51. The summed E-state index contributed by atoms with van der Waals surface area (Å²) >= 11 is 0. The molecule has 29 heavy (non-hydrogen) atoms. The first-order valence-electron chi connectivity index (χ1n) is 11.2. The molecule has 5 aliphatic rings. The molecular formula is C23H31N3O3. The van der Waals surface area contributed by atoms with Crippen LogP contribution in [0.1, 0.15) is 61.7 Å². The molecule has 6 rings (SSSR count). The molecule has 4 bridgehead atoms. The molecular weight excluding hydrogens is 366 g/mol. The van der Waals surface area contributed by atoms with Crippen molar-refractivity contribution in [2.24, 2.45) is 17.8 Å². The maximum Gasteiger partial charge on any atom is 0.319 e. The summed E-state index contributed by atoms with van der Waals surface area (Å²) in [4.78, 5) is 27.1. The minimum absolute atomic E-state index is 0.0761. The smallest absolute Gasteiger partial charge is 0.319 e. The highest BCUT2D eigenvalue weighted by atomic mass is 16.3. The van der Waals surface area contributed by atoms with Gasteiger partial charge in [0.2, 0.25) is 0 Å². The number of anilines is 1. The minimum Gasteiger partial charge on any atom is -0.390 e. The number of benzene rings is 1. The van der Waals surface area contributed by atoms with Crippen molar-refractivity contribution < 1.29 is 14.7 Å². The summed E-state index contributed by atoms with van der Waals surface area (Å²) in [5.41, 5.74) is 0.884. The van der Waals surface area contributed by atoms with Crippen LogP contribution in [0.3, 0.4) is 0 Å². The Hall–Kier alpha value is -2.08. The summed E-state index contributed by atoms with van der Waals surface area (Å²) in [7, 11) is 0. The second kappa shape index (κ2) is 7.31. The number of nitrogens with zero attached hydrogens (tertiary/aromatic N) is 1. The van der Waals surface area contributed by atoms with E-state index in [0.717, 1.165) is 58.0 Å². The summed E-state index contributed by atoms with van der Waals surface area (Å²) in [6.07, 6.45) is 8.18. The van der Waals surface area contributed by atoms with E-state index in [2.05, 4.69) is 10.6 Å². The quantitative estimate of drug-likeness (QED) is 0.731. The molecule has 5 fully saturated rings. The van der Waals surface area contributed by atoms with Gasteiger partial charge in [0.15, 0.2) is 0 Å². The highest BCUT2D eigenvalue weighted by Crippen LogP contribution is 2.55. The van der Waals surface area contributed by atoms with E-state index in [-0.39, 0.29) is 18.0 Å². The van der Waals surface area contributed by atoms with Crippen molar-refractivity contribution in [1.82, 2.24) is 10.2 Å². The number of amides is 3. The Labute approximate surface area is 172 Å². The number of urea groups is 1. The number of piperidine rings is 1. The van der Waals surface area contributed by atoms with E-state index < -0.39 is 5.60 Å². The third kappa shape index (κ3) is 3.75. The molecule has 2 atom stereocenters. The number of rotatable bonds is 3. The summed E-state index contributed by atoms with van der Waals surface area (Å²) in [5, 5.41) is 16.8. The predicted octanol–water partition coefficient (Wildman–Crippen LogP) is 3.37. The Morgan fingerprint density at radius 1 is 0.966 bits per heavy atom. The van der Waals surface area contributed by atoms with Crippen LogP contribution in [0.25, 0.3) is 0 Å². The van der Waals surface area contributed by atoms with Crippen LogP contribution < -0.4 is 10.6 Å². The van der Waals surface area contributed by atoms with Gasteiger partial charge in [-0.15, -0.1) is 0 Å². The summed E-state index contributed by atoms with van der Waals surface area (Å²) in [6.45, 7) is 1.67. The fraction of sp³-hybridized carbons (Fsp3) is 0.652. The highest BCUT2D eigenvalue weighted by Gasteiger charge is 2.55. The molecule has 2 unspecified atom stereocenters. The number of carbonyl (C=O) groups is 2. The van der Waals surface area contributed by atoms with Crippen LogP contribution in [0.4, 0.5) is 10.5 Å². The SMILES string of the molecule is O=C(Nc1ccc(C(=O)N2CCCCC2)cc1)NC1C2CC3CC1CC(O)(C3)C2. The van der Waals surface area contributed by atoms with Gasteiger partial charge in [-0.2, -0.15) is 0 Å². The van der Waals surface area contributed by atoms with E-state index in [1.54, 1.807) is 24.3 Å². The van der Waals surface area contributed by atoms with E-state index in [1.807, 2.05) is 4.90 Å². The van der Waals surface area contributed by atoms with Crippen molar-refractivity contribution in [3.05, 3.63) is 29.8 Å². The Balaban J connectivity index is 1.18. The summed E-state index contributed by atoms with van der Waals surface area (Å²) < 4.78 is 0. The first-order valence-corrected chi connectivity index (χ1v) is 11.2. The average Bonchev–Trinajstić information content (AvgIpc) is 2.70. The van der Waals surface area contributed by atoms with Gasteiger partial charge in [0, 0.05) is 30.4 Å². The molecule has 4 aliphatic carbocycles. The van der Waals surface area contributed by atoms with Gasteiger partial charge in [0.05, 0.1) is 5.60 Å². The second-order valence-corrected chi connectivity index (χ2v) is 9.75. The van der Waals surface area contributed by atoms with Gasteiger partial charge in [0.25, 0.3) is 5.91 Å². The Morgan fingerprint density at radius 2 is 1.62 bits per heavy atom. The molecule has 1 heterocycles. The first-order chi connectivity index (χ1) is 14.0. The largest absolute Gasteiger partial charge is 0.390 e. The molecule has 1 aliphatic heterocycles. The van der Waals surface area contributed by atoms with Gasteiger partial charge in [-0.05, 0) is 93.4 Å². The number of carbonyl (C=O) groups excluding carboxylic acids is 2. The molecule has 0 spiro atoms. The van der Waals surface area contributed by atoms with Crippen LogP contribution in [0.5, 0.6) is 0 Å². The Bertz CT molecular complexity index is 771. The van der Waals surface area contributed by atoms with Gasteiger partial charge in [-0.1, -0.05) is 0 Å². The van der Waals surface area contributed by atoms with Crippen LogP contribution in [-0.2, 0) is 0 Å². The number of nitrogens with one attached hydrogen (secondary N) is 2. The van der Waals surface area contributed by atoms with E-state index in [0.29, 0.717) is 29.0 Å². The lowest BCUT2D eigenvalue weighted by molar-refractivity contribution is -0.136. The third-order valence-electron chi connectivity index (χ3n) is 7.57. The zero-order chi connectivity index (χ0) is 20.0. The number of hydrogen-bond acceptors (Lipinski definition) is 3. The molecule has 6 nitrogen and oxygen atoms in total. The van der Waals surface area contributed by atoms with E-state index >= 15 is 0 Å². The topological polar surface area (TPSA) is 81.7 Å². The van der Waals surface area contributed by atoms with Gasteiger partial charge in [-0.25, -0.2) is 4.79 Å². The van der Waals surface area contributed by atoms with Crippen molar-refractivity contribution >= 4 is 17.6 Å². The lowest BCUT2D eigenvalue weighted by Gasteiger charge is -2.58. The molecule has 1 aromatic carbocycles. The highest BCUT2D eigenvalue weighted by molar-refractivity contribution is 5.95. The Morgan fingerprint density at radius 3 is 2.24 bits per heavy atom. The molecule has 156 valence electrons. The number of likely N-dealkylation sites (tertiary alicyclic amines) is 1. The average molecular weight is 398 g/mol. The molecule has 1 saturated heterocycles. The van der Waals surface area contributed by atoms with Crippen LogP contribution in [0.15, 0.2) is 24.3 Å². The zero-order valence-electron chi connectivity index (χ0n) is 16.9. The predicted molar refractivity (Wildman–Crippen MR) is 111 cm³/mol. The molecule has 3 amide bonds. The van der Waals surface area contributed by atoms with Gasteiger partial charge in [0.1, 0.15) is 0 Å². The van der Waals surface area contributed by atoms with E-state index in [4.69, 9.17) is 0 Å². The standard InChI is InChI=1S/C23H31N3O3/c27-21(26-8-2-1-3-9-26)16-4-6-19(7-5-16)24-22(28)25-20-17-10-15-11-18(20)14-23(29,12-15)13-17/h4-7,15,17-18,20,29H,1-3,8-14H2,(H2,24,25,28). The number of aliphatic hydroxyl groups is 1. The van der Waals surface area contributed by atoms with Crippen LogP contribution in [-0.4, -0.2) is 46.7 Å². The van der Waals surface area contributed by atoms with Crippen molar-refractivity contribution in [2.75, 3.05) is 18.4 Å². The third-order valence-corrected chi connectivity index (χ3v) is 7.57. The fourth-order valence-electron chi connectivity index (χ4n) is 6.51. The first kappa shape index (κ1) is 18.9. The summed E-state index contributed by atoms with van der Waals surface area (Å²) in [5.74, 6) is 1.49. The van der Waals surface area contributed by atoms with Gasteiger partial charge in [-0.3, -0.25) is 4.79 Å². The van der Waals surface area contributed by atoms with E-state index in [1.165, 1.54) is 6.42 Å². The summed E-state index contributed by atoms with van der Waals surface area (Å²) in [6, 6.07) is 7.17. The lowest BCUT2D eigenvalue weighted by Crippen LogP contribution is -2.62. The zero-order valence-corrected chi connectivity index (χ0v) is 16.9. The molecule has 0 radical (unpaired) electrons. The van der Waals surface area contributed by atoms with Gasteiger partial charge < -0.3 is 20.6 Å². The maximum atomic E-state index is 12.6. The maximum absolute atomic E-state index is 12.6. The molecule has 1 aromatic rings. The monoisotopic (exact) mass is 397 g/mol. The van der Waals surface area contributed by atoms with E-state index in [9.17, 15) is 14.7 Å². The second-order valence-electron chi connectivity index (χ2n) is 9.75. The number of hydrogen-bond donors (Lipinski definition) is 3.